The molecular weight excluding hydrogens is 164 g/mol. The summed E-state index contributed by atoms with van der Waals surface area (Å²) < 4.78 is 0. The predicted octanol–water partition coefficient (Wildman–Crippen LogP) is 1.85. The lowest BCUT2D eigenvalue weighted by molar-refractivity contribution is -0.117. The van der Waals surface area contributed by atoms with Crippen molar-refractivity contribution in [3.05, 3.63) is 24.3 Å². The molecule has 1 aliphatic carbocycles. The van der Waals surface area contributed by atoms with Crippen LogP contribution in [-0.2, 0) is 4.79 Å². The van der Waals surface area contributed by atoms with Gasteiger partial charge in [-0.05, 0) is 25.3 Å². The van der Waals surface area contributed by atoms with Gasteiger partial charge >= 0.3 is 0 Å². The highest BCUT2D eigenvalue weighted by molar-refractivity contribution is 5.96. The summed E-state index contributed by atoms with van der Waals surface area (Å²) in [6, 6.07) is 0. The summed E-state index contributed by atoms with van der Waals surface area (Å²) in [7, 11) is 0. The maximum atomic E-state index is 11.3. The van der Waals surface area contributed by atoms with E-state index in [1.165, 1.54) is 0 Å². The van der Waals surface area contributed by atoms with Crippen molar-refractivity contribution < 1.29 is 9.90 Å². The summed E-state index contributed by atoms with van der Waals surface area (Å²) in [6.07, 6.45) is 5.32. The van der Waals surface area contributed by atoms with Gasteiger partial charge in [-0.25, -0.2) is 0 Å². The van der Waals surface area contributed by atoms with Crippen molar-refractivity contribution in [1.29, 1.82) is 0 Å². The van der Waals surface area contributed by atoms with Crippen LogP contribution in [0.4, 0.5) is 0 Å². The van der Waals surface area contributed by atoms with Crippen LogP contribution in [0.1, 0.15) is 26.2 Å². The monoisotopic (exact) mass is 180 g/mol. The lowest BCUT2D eigenvalue weighted by Crippen LogP contribution is -2.27. The molecule has 1 saturated carbocycles. The molecule has 72 valence electrons. The van der Waals surface area contributed by atoms with Gasteiger partial charge in [-0.1, -0.05) is 18.7 Å². The maximum absolute atomic E-state index is 11.3. The molecule has 0 aromatic heterocycles. The molecule has 1 aliphatic rings. The van der Waals surface area contributed by atoms with Crippen LogP contribution in [0.5, 0.6) is 0 Å². The van der Waals surface area contributed by atoms with Crippen molar-refractivity contribution in [3.8, 4) is 0 Å². The van der Waals surface area contributed by atoms with Crippen LogP contribution in [0.2, 0.25) is 0 Å². The van der Waals surface area contributed by atoms with Crippen molar-refractivity contribution >= 4 is 5.78 Å². The van der Waals surface area contributed by atoms with Crippen molar-refractivity contribution in [3.63, 3.8) is 0 Å². The SMILES string of the molecule is C=C1C(=O)CCCC1C(O)/C=C/C. The normalized spacial score (nSPS) is 26.8. The van der Waals surface area contributed by atoms with Gasteiger partial charge in [0.05, 0.1) is 6.10 Å². The second-order valence-corrected chi connectivity index (χ2v) is 3.46. The molecule has 0 bridgehead atoms. The molecule has 0 spiro atoms. The number of carbonyl (C=O) groups is 1. The minimum atomic E-state index is -0.540. The van der Waals surface area contributed by atoms with Gasteiger partial charge < -0.3 is 5.11 Å². The number of ketones is 1. The quantitative estimate of drug-likeness (QED) is 0.520. The first-order chi connectivity index (χ1) is 6.16. The van der Waals surface area contributed by atoms with E-state index < -0.39 is 6.10 Å². The lowest BCUT2D eigenvalue weighted by Gasteiger charge is -2.26. The van der Waals surface area contributed by atoms with E-state index in [0.717, 1.165) is 12.8 Å². The molecule has 2 nitrogen and oxygen atoms in total. The Morgan fingerprint density at radius 3 is 3.00 bits per heavy atom. The Morgan fingerprint density at radius 1 is 1.69 bits per heavy atom. The molecule has 1 fully saturated rings. The van der Waals surface area contributed by atoms with Gasteiger partial charge in [0, 0.05) is 12.3 Å². The topological polar surface area (TPSA) is 37.3 Å². The van der Waals surface area contributed by atoms with E-state index >= 15 is 0 Å². The van der Waals surface area contributed by atoms with Crippen LogP contribution in [0.3, 0.4) is 0 Å². The number of carbonyl (C=O) groups excluding carboxylic acids is 1. The molecule has 2 heteroatoms. The molecule has 0 heterocycles. The first-order valence-electron chi connectivity index (χ1n) is 4.69. The van der Waals surface area contributed by atoms with Gasteiger partial charge in [0.1, 0.15) is 0 Å². The minimum Gasteiger partial charge on any atom is -0.388 e. The number of aliphatic hydroxyl groups is 1. The summed E-state index contributed by atoms with van der Waals surface area (Å²) in [5.74, 6) is 0.0530. The molecule has 0 amide bonds. The second-order valence-electron chi connectivity index (χ2n) is 3.46. The zero-order valence-corrected chi connectivity index (χ0v) is 7.99. The van der Waals surface area contributed by atoms with Crippen molar-refractivity contribution in [2.75, 3.05) is 0 Å². The van der Waals surface area contributed by atoms with Crippen LogP contribution in [0, 0.1) is 5.92 Å². The highest BCUT2D eigenvalue weighted by atomic mass is 16.3. The van der Waals surface area contributed by atoms with E-state index in [-0.39, 0.29) is 11.7 Å². The number of hydrogen-bond acceptors (Lipinski definition) is 2. The van der Waals surface area contributed by atoms with Gasteiger partial charge in [0.2, 0.25) is 0 Å². The molecule has 2 atom stereocenters. The number of allylic oxidation sites excluding steroid dienone is 1. The average molecular weight is 180 g/mol. The third kappa shape index (κ3) is 2.28. The summed E-state index contributed by atoms with van der Waals surface area (Å²) in [6.45, 7) is 5.59. The Balaban J connectivity index is 2.68. The second kappa shape index (κ2) is 4.38. The first-order valence-corrected chi connectivity index (χ1v) is 4.69. The number of Topliss-reactive ketones (excluding diaryl/α,β-unsaturated/α-hetero) is 1. The average Bonchev–Trinajstić information content (AvgIpc) is 2.10. The Bertz CT molecular complexity index is 240. The fourth-order valence-corrected chi connectivity index (χ4v) is 1.73. The zero-order chi connectivity index (χ0) is 9.84. The van der Waals surface area contributed by atoms with Crippen LogP contribution in [0.15, 0.2) is 24.3 Å². The molecule has 0 saturated heterocycles. The molecule has 2 unspecified atom stereocenters. The zero-order valence-electron chi connectivity index (χ0n) is 7.99. The Morgan fingerprint density at radius 2 is 2.38 bits per heavy atom. The van der Waals surface area contributed by atoms with Gasteiger partial charge in [0.25, 0.3) is 0 Å². The molecule has 0 radical (unpaired) electrons. The van der Waals surface area contributed by atoms with Crippen LogP contribution in [0.25, 0.3) is 0 Å². The molecular formula is C11H16O2. The van der Waals surface area contributed by atoms with E-state index in [1.807, 2.05) is 6.92 Å². The van der Waals surface area contributed by atoms with E-state index in [1.54, 1.807) is 12.2 Å². The van der Waals surface area contributed by atoms with E-state index in [2.05, 4.69) is 6.58 Å². The third-order valence-electron chi connectivity index (χ3n) is 2.53. The number of hydrogen-bond donors (Lipinski definition) is 1. The van der Waals surface area contributed by atoms with Gasteiger partial charge in [-0.15, -0.1) is 0 Å². The Hall–Kier alpha value is -0.890. The van der Waals surface area contributed by atoms with Crippen LogP contribution in [-0.4, -0.2) is 17.0 Å². The van der Waals surface area contributed by atoms with Crippen LogP contribution < -0.4 is 0 Å². The molecule has 0 aliphatic heterocycles. The fraction of sp³-hybridized carbons (Fsp3) is 0.545. The van der Waals surface area contributed by atoms with Crippen molar-refractivity contribution in [2.45, 2.75) is 32.3 Å². The van der Waals surface area contributed by atoms with Gasteiger partial charge in [-0.2, -0.15) is 0 Å². The summed E-state index contributed by atoms with van der Waals surface area (Å²) in [5, 5.41) is 9.66. The Kier molecular flexibility index (Phi) is 3.43. The summed E-state index contributed by atoms with van der Waals surface area (Å²) >= 11 is 0. The highest BCUT2D eigenvalue weighted by Gasteiger charge is 2.27. The smallest absolute Gasteiger partial charge is 0.158 e. The van der Waals surface area contributed by atoms with Gasteiger partial charge in [0.15, 0.2) is 5.78 Å². The molecule has 0 aromatic rings. The highest BCUT2D eigenvalue weighted by Crippen LogP contribution is 2.28. The maximum Gasteiger partial charge on any atom is 0.158 e. The number of aliphatic hydroxyl groups excluding tert-OH is 1. The first kappa shape index (κ1) is 10.2. The van der Waals surface area contributed by atoms with E-state index in [0.29, 0.717) is 12.0 Å². The predicted molar refractivity (Wildman–Crippen MR) is 52.3 cm³/mol. The van der Waals surface area contributed by atoms with Gasteiger partial charge in [-0.3, -0.25) is 4.79 Å². The summed E-state index contributed by atoms with van der Waals surface area (Å²) in [5.41, 5.74) is 0.594. The number of rotatable bonds is 2. The van der Waals surface area contributed by atoms with E-state index in [4.69, 9.17) is 0 Å². The van der Waals surface area contributed by atoms with E-state index in [9.17, 15) is 9.90 Å². The minimum absolute atomic E-state index is 0.0579. The van der Waals surface area contributed by atoms with Crippen molar-refractivity contribution in [2.24, 2.45) is 5.92 Å². The molecule has 1 rings (SSSR count). The third-order valence-corrected chi connectivity index (χ3v) is 2.53. The Labute approximate surface area is 79.0 Å². The summed E-state index contributed by atoms with van der Waals surface area (Å²) in [4.78, 5) is 11.3. The lowest BCUT2D eigenvalue weighted by atomic mass is 9.81. The van der Waals surface area contributed by atoms with Crippen LogP contribution >= 0.6 is 0 Å². The largest absolute Gasteiger partial charge is 0.388 e. The van der Waals surface area contributed by atoms with Crippen molar-refractivity contribution in [1.82, 2.24) is 0 Å². The molecule has 13 heavy (non-hydrogen) atoms. The fourth-order valence-electron chi connectivity index (χ4n) is 1.73. The molecule has 1 N–H and O–H groups in total. The molecule has 0 aromatic carbocycles. The standard InChI is InChI=1S/C11H16O2/c1-3-5-11(13)9-6-4-7-10(12)8(9)2/h3,5,9,11,13H,2,4,6-7H2,1H3/b5-3+.